The molecule has 0 amide bonds. The molecule has 0 aliphatic heterocycles. The third-order valence-electron chi connectivity index (χ3n) is 2.12. The lowest BCUT2D eigenvalue weighted by Gasteiger charge is -2.07. The Morgan fingerprint density at radius 2 is 2.00 bits per heavy atom. The maximum atomic E-state index is 11.9. The molecule has 0 aliphatic rings. The van der Waals surface area contributed by atoms with Gasteiger partial charge in [-0.25, -0.2) is 8.42 Å². The van der Waals surface area contributed by atoms with E-state index in [4.69, 9.17) is 5.73 Å². The van der Waals surface area contributed by atoms with Gasteiger partial charge in [0.15, 0.2) is 5.11 Å². The van der Waals surface area contributed by atoms with E-state index < -0.39 is 10.0 Å². The van der Waals surface area contributed by atoms with Crippen LogP contribution in [0.5, 0.6) is 0 Å². The molecule has 0 saturated heterocycles. The van der Waals surface area contributed by atoms with Gasteiger partial charge >= 0.3 is 0 Å². The number of aromatic nitrogens is 1. The molecule has 0 unspecified atom stereocenters. The SMILES string of the molecule is NC(=S)NS(=O)(=O)c1cccc2cccnc12. The first-order valence-electron chi connectivity index (χ1n) is 4.67. The van der Waals surface area contributed by atoms with Crippen molar-refractivity contribution in [1.29, 1.82) is 0 Å². The van der Waals surface area contributed by atoms with Crippen LogP contribution in [0.25, 0.3) is 10.9 Å². The molecule has 7 heteroatoms. The highest BCUT2D eigenvalue weighted by atomic mass is 32.2. The maximum Gasteiger partial charge on any atom is 0.265 e. The number of nitrogens with one attached hydrogen (secondary N) is 1. The molecule has 1 aromatic heterocycles. The first-order valence-corrected chi connectivity index (χ1v) is 6.56. The van der Waals surface area contributed by atoms with Gasteiger partial charge in [-0.05, 0) is 24.4 Å². The quantitative estimate of drug-likeness (QED) is 0.785. The fourth-order valence-electron chi connectivity index (χ4n) is 1.48. The molecule has 88 valence electrons. The molecule has 0 bridgehead atoms. The zero-order valence-electron chi connectivity index (χ0n) is 8.62. The number of pyridine rings is 1. The topological polar surface area (TPSA) is 85.1 Å². The normalized spacial score (nSPS) is 11.3. The number of benzene rings is 1. The van der Waals surface area contributed by atoms with Crippen LogP contribution in [0.15, 0.2) is 41.4 Å². The molecule has 0 saturated carbocycles. The molecule has 2 aromatic rings. The van der Waals surface area contributed by atoms with Crippen molar-refractivity contribution < 1.29 is 8.42 Å². The van der Waals surface area contributed by atoms with Crippen LogP contribution < -0.4 is 10.5 Å². The standard InChI is InChI=1S/C10H9N3O2S2/c11-10(16)13-17(14,15)8-5-1-3-7-4-2-6-12-9(7)8/h1-6H,(H3,11,13,16). The predicted molar refractivity (Wildman–Crippen MR) is 68.8 cm³/mol. The second-order valence-electron chi connectivity index (χ2n) is 3.30. The summed E-state index contributed by atoms with van der Waals surface area (Å²) in [7, 11) is -3.76. The minimum absolute atomic E-state index is 0.0587. The molecule has 1 aromatic carbocycles. The van der Waals surface area contributed by atoms with E-state index in [-0.39, 0.29) is 10.0 Å². The number of nitrogens with zero attached hydrogens (tertiary/aromatic N) is 1. The molecule has 0 radical (unpaired) electrons. The molecule has 0 fully saturated rings. The number of hydrogen-bond donors (Lipinski definition) is 2. The van der Waals surface area contributed by atoms with E-state index in [9.17, 15) is 8.42 Å². The van der Waals surface area contributed by atoms with Gasteiger partial charge in [-0.3, -0.25) is 9.71 Å². The summed E-state index contributed by atoms with van der Waals surface area (Å²) >= 11 is 4.53. The van der Waals surface area contributed by atoms with Gasteiger partial charge < -0.3 is 5.73 Å². The van der Waals surface area contributed by atoms with Crippen LogP contribution in [0.2, 0.25) is 0 Å². The molecular weight excluding hydrogens is 258 g/mol. The minimum Gasteiger partial charge on any atom is -0.376 e. The summed E-state index contributed by atoms with van der Waals surface area (Å²) in [4.78, 5) is 4.11. The first kappa shape index (κ1) is 11.7. The summed E-state index contributed by atoms with van der Waals surface area (Å²) in [6.07, 6.45) is 1.53. The summed E-state index contributed by atoms with van der Waals surface area (Å²) < 4.78 is 25.9. The third-order valence-corrected chi connectivity index (χ3v) is 3.75. The Kier molecular flexibility index (Phi) is 2.95. The van der Waals surface area contributed by atoms with Gasteiger partial charge in [0.2, 0.25) is 0 Å². The fraction of sp³-hybridized carbons (Fsp3) is 0. The summed E-state index contributed by atoms with van der Waals surface area (Å²) in [5.74, 6) is 0. The molecular formula is C10H9N3O2S2. The number of rotatable bonds is 2. The van der Waals surface area contributed by atoms with Crippen molar-refractivity contribution in [3.8, 4) is 0 Å². The van der Waals surface area contributed by atoms with Crippen molar-refractivity contribution in [3.63, 3.8) is 0 Å². The molecule has 2 rings (SSSR count). The van der Waals surface area contributed by atoms with Crippen LogP contribution >= 0.6 is 12.2 Å². The van der Waals surface area contributed by atoms with Gasteiger partial charge in [0.25, 0.3) is 10.0 Å². The summed E-state index contributed by atoms with van der Waals surface area (Å²) in [5.41, 5.74) is 5.57. The monoisotopic (exact) mass is 267 g/mol. The molecule has 0 spiro atoms. The number of hydrogen-bond acceptors (Lipinski definition) is 4. The zero-order chi connectivity index (χ0) is 12.5. The number of para-hydroxylation sites is 1. The lowest BCUT2D eigenvalue weighted by Crippen LogP contribution is -2.34. The van der Waals surface area contributed by atoms with Crippen molar-refractivity contribution in [2.24, 2.45) is 5.73 Å². The Hall–Kier alpha value is -1.73. The van der Waals surface area contributed by atoms with E-state index >= 15 is 0 Å². The van der Waals surface area contributed by atoms with Gasteiger partial charge in [0.1, 0.15) is 4.90 Å². The van der Waals surface area contributed by atoms with Gasteiger partial charge in [-0.2, -0.15) is 0 Å². The Morgan fingerprint density at radius 1 is 1.29 bits per heavy atom. The number of sulfonamides is 1. The highest BCUT2D eigenvalue weighted by Crippen LogP contribution is 2.20. The molecule has 17 heavy (non-hydrogen) atoms. The van der Waals surface area contributed by atoms with E-state index in [1.54, 1.807) is 24.3 Å². The van der Waals surface area contributed by atoms with E-state index in [0.29, 0.717) is 5.52 Å². The molecule has 0 atom stereocenters. The number of fused-ring (bicyclic) bond motifs is 1. The van der Waals surface area contributed by atoms with Crippen molar-refractivity contribution >= 4 is 38.3 Å². The number of thiocarbonyl (C=S) groups is 1. The van der Waals surface area contributed by atoms with E-state index in [0.717, 1.165) is 5.39 Å². The minimum atomic E-state index is -3.76. The van der Waals surface area contributed by atoms with Crippen LogP contribution in [0.1, 0.15) is 0 Å². The Morgan fingerprint density at radius 3 is 2.71 bits per heavy atom. The van der Waals surface area contributed by atoms with Gasteiger partial charge in [-0.1, -0.05) is 18.2 Å². The van der Waals surface area contributed by atoms with E-state index in [1.807, 2.05) is 0 Å². The maximum absolute atomic E-state index is 11.9. The molecule has 3 N–H and O–H groups in total. The van der Waals surface area contributed by atoms with Crippen LogP contribution in [-0.2, 0) is 10.0 Å². The average Bonchev–Trinajstić information content (AvgIpc) is 2.26. The highest BCUT2D eigenvalue weighted by Gasteiger charge is 2.18. The third kappa shape index (κ3) is 2.34. The van der Waals surface area contributed by atoms with Crippen molar-refractivity contribution in [3.05, 3.63) is 36.5 Å². The lowest BCUT2D eigenvalue weighted by molar-refractivity contribution is 0.593. The van der Waals surface area contributed by atoms with Crippen LogP contribution in [0, 0.1) is 0 Å². The second-order valence-corrected chi connectivity index (χ2v) is 5.39. The Balaban J connectivity index is 2.67. The van der Waals surface area contributed by atoms with Crippen LogP contribution in [0.3, 0.4) is 0 Å². The molecule has 1 heterocycles. The zero-order valence-corrected chi connectivity index (χ0v) is 10.3. The molecule has 0 aliphatic carbocycles. The number of nitrogens with two attached hydrogens (primary N) is 1. The summed E-state index contributed by atoms with van der Waals surface area (Å²) in [6, 6.07) is 8.39. The summed E-state index contributed by atoms with van der Waals surface area (Å²) in [5, 5.41) is 0.441. The first-order chi connectivity index (χ1) is 8.00. The van der Waals surface area contributed by atoms with Crippen LogP contribution in [-0.4, -0.2) is 18.5 Å². The van der Waals surface area contributed by atoms with Gasteiger partial charge in [-0.15, -0.1) is 0 Å². The van der Waals surface area contributed by atoms with Crippen molar-refractivity contribution in [2.75, 3.05) is 0 Å². The van der Waals surface area contributed by atoms with E-state index in [1.165, 1.54) is 12.3 Å². The Bertz CT molecular complexity index is 678. The predicted octanol–water partition coefficient (Wildman–Crippen LogP) is 0.757. The van der Waals surface area contributed by atoms with Gasteiger partial charge in [0.05, 0.1) is 5.52 Å². The molecule has 5 nitrogen and oxygen atoms in total. The van der Waals surface area contributed by atoms with Crippen molar-refractivity contribution in [1.82, 2.24) is 9.71 Å². The van der Waals surface area contributed by atoms with Crippen molar-refractivity contribution in [2.45, 2.75) is 4.90 Å². The second kappa shape index (κ2) is 4.27. The lowest BCUT2D eigenvalue weighted by atomic mass is 10.2. The fourth-order valence-corrected chi connectivity index (χ4v) is 2.87. The van der Waals surface area contributed by atoms with Crippen LogP contribution in [0.4, 0.5) is 0 Å². The summed E-state index contributed by atoms with van der Waals surface area (Å²) in [6.45, 7) is 0. The van der Waals surface area contributed by atoms with E-state index in [2.05, 4.69) is 21.9 Å². The average molecular weight is 267 g/mol. The van der Waals surface area contributed by atoms with Gasteiger partial charge in [0, 0.05) is 11.6 Å². The largest absolute Gasteiger partial charge is 0.376 e. The smallest absolute Gasteiger partial charge is 0.265 e. The highest BCUT2D eigenvalue weighted by molar-refractivity contribution is 7.92. The Labute approximate surface area is 104 Å².